The van der Waals surface area contributed by atoms with Crippen LogP contribution < -0.4 is 5.19 Å². The van der Waals surface area contributed by atoms with Crippen LogP contribution in [0.4, 0.5) is 0 Å². The van der Waals surface area contributed by atoms with Crippen molar-refractivity contribution in [1.29, 1.82) is 0 Å². The Morgan fingerprint density at radius 2 is 1.75 bits per heavy atom. The quantitative estimate of drug-likeness (QED) is 0.490. The number of para-hydroxylation sites is 1. The van der Waals surface area contributed by atoms with Crippen molar-refractivity contribution in [2.24, 2.45) is 0 Å². The zero-order valence-corrected chi connectivity index (χ0v) is 15.4. The third-order valence-electron chi connectivity index (χ3n) is 4.43. The van der Waals surface area contributed by atoms with Crippen LogP contribution in [-0.2, 0) is 0 Å². The monoisotopic (exact) mass is 332 g/mol. The molecule has 0 aliphatic heterocycles. The molecular weight excluding hydrogens is 312 g/mol. The number of fused-ring (bicyclic) bond motifs is 3. The number of aromatic nitrogens is 2. The smallest absolute Gasteiger partial charge is 0.153 e. The van der Waals surface area contributed by atoms with E-state index < -0.39 is 8.07 Å². The van der Waals surface area contributed by atoms with Gasteiger partial charge in [0, 0.05) is 28.2 Å². The number of benzene rings is 1. The van der Waals surface area contributed by atoms with Crippen molar-refractivity contribution in [1.82, 2.24) is 9.97 Å². The lowest BCUT2D eigenvalue weighted by atomic mass is 10.1. The molecule has 3 heterocycles. The predicted octanol–water partition coefficient (Wildman–Crippen LogP) is 4.90. The van der Waals surface area contributed by atoms with E-state index >= 15 is 0 Å². The Labute approximate surface area is 142 Å². The van der Waals surface area contributed by atoms with E-state index in [0.717, 1.165) is 38.9 Å². The van der Waals surface area contributed by atoms with Crippen molar-refractivity contribution in [3.8, 4) is 11.3 Å². The zero-order valence-electron chi connectivity index (χ0n) is 14.4. The highest BCUT2D eigenvalue weighted by Crippen LogP contribution is 2.34. The lowest BCUT2D eigenvalue weighted by Gasteiger charge is -2.16. The van der Waals surface area contributed by atoms with Gasteiger partial charge in [0.2, 0.25) is 0 Å². The lowest BCUT2D eigenvalue weighted by molar-refractivity contribution is 0.667. The topological polar surface area (TPSA) is 38.9 Å². The van der Waals surface area contributed by atoms with Crippen molar-refractivity contribution in [2.45, 2.75) is 26.6 Å². The summed E-state index contributed by atoms with van der Waals surface area (Å²) in [6.45, 7) is 9.00. The summed E-state index contributed by atoms with van der Waals surface area (Å²) in [5.74, 6) is 0. The van der Waals surface area contributed by atoms with Crippen LogP contribution >= 0.6 is 0 Å². The molecule has 0 N–H and O–H groups in total. The van der Waals surface area contributed by atoms with E-state index in [1.165, 1.54) is 5.19 Å². The molecule has 24 heavy (non-hydrogen) atoms. The van der Waals surface area contributed by atoms with Crippen molar-refractivity contribution >= 4 is 35.2 Å². The summed E-state index contributed by atoms with van der Waals surface area (Å²) in [6, 6.07) is 12.6. The van der Waals surface area contributed by atoms with Crippen LogP contribution in [0.3, 0.4) is 0 Å². The van der Waals surface area contributed by atoms with Crippen LogP contribution in [0.15, 0.2) is 53.2 Å². The molecule has 0 amide bonds. The maximum absolute atomic E-state index is 6.10. The molecular formula is C20H20N2OSi. The summed E-state index contributed by atoms with van der Waals surface area (Å²) < 4.78 is 6.10. The van der Waals surface area contributed by atoms with Gasteiger partial charge in [0.15, 0.2) is 5.58 Å². The second-order valence-corrected chi connectivity index (χ2v) is 12.4. The first kappa shape index (κ1) is 15.1. The molecule has 120 valence electrons. The first-order valence-corrected chi connectivity index (χ1v) is 11.7. The number of hydrogen-bond acceptors (Lipinski definition) is 3. The minimum Gasteiger partial charge on any atom is -0.454 e. The Hall–Kier alpha value is -2.46. The molecule has 0 spiro atoms. The van der Waals surface area contributed by atoms with Crippen molar-refractivity contribution in [2.75, 3.05) is 0 Å². The first-order chi connectivity index (χ1) is 11.4. The minimum absolute atomic E-state index is 0.821. The van der Waals surface area contributed by atoms with E-state index in [-0.39, 0.29) is 0 Å². The van der Waals surface area contributed by atoms with Crippen molar-refractivity contribution in [3.63, 3.8) is 0 Å². The summed E-state index contributed by atoms with van der Waals surface area (Å²) in [5, 5.41) is 3.59. The van der Waals surface area contributed by atoms with E-state index in [9.17, 15) is 0 Å². The van der Waals surface area contributed by atoms with E-state index in [0.29, 0.717) is 0 Å². The highest BCUT2D eigenvalue weighted by Gasteiger charge is 2.18. The fraction of sp³-hybridized carbons (Fsp3) is 0.200. The van der Waals surface area contributed by atoms with Crippen molar-refractivity contribution in [3.05, 3.63) is 54.5 Å². The number of nitrogens with zero attached hydrogens (tertiary/aromatic N) is 2. The molecule has 0 unspecified atom stereocenters. The Balaban J connectivity index is 1.92. The Morgan fingerprint density at radius 3 is 2.46 bits per heavy atom. The average Bonchev–Trinajstić information content (AvgIpc) is 2.92. The van der Waals surface area contributed by atoms with Gasteiger partial charge in [0.25, 0.3) is 0 Å². The Kier molecular flexibility index (Phi) is 3.32. The Bertz CT molecular complexity index is 1040. The zero-order chi connectivity index (χ0) is 16.9. The molecule has 4 aromatic rings. The summed E-state index contributed by atoms with van der Waals surface area (Å²) in [4.78, 5) is 9.05. The van der Waals surface area contributed by atoms with Gasteiger partial charge in [-0.2, -0.15) is 0 Å². The fourth-order valence-corrected chi connectivity index (χ4v) is 4.04. The molecule has 4 heteroatoms. The molecule has 0 fully saturated rings. The van der Waals surface area contributed by atoms with Crippen LogP contribution in [-0.4, -0.2) is 18.0 Å². The van der Waals surface area contributed by atoms with E-state index in [1.807, 2.05) is 13.1 Å². The van der Waals surface area contributed by atoms with Crippen LogP contribution in [0.1, 0.15) is 5.69 Å². The van der Waals surface area contributed by atoms with Gasteiger partial charge in [0.05, 0.1) is 20.0 Å². The molecule has 1 aromatic carbocycles. The summed E-state index contributed by atoms with van der Waals surface area (Å²) in [7, 11) is -1.34. The molecule has 0 saturated heterocycles. The average molecular weight is 332 g/mol. The molecule has 0 bridgehead atoms. The van der Waals surface area contributed by atoms with Gasteiger partial charge >= 0.3 is 0 Å². The second-order valence-electron chi connectivity index (χ2n) is 7.29. The third-order valence-corrected chi connectivity index (χ3v) is 6.45. The largest absolute Gasteiger partial charge is 0.454 e. The predicted molar refractivity (Wildman–Crippen MR) is 102 cm³/mol. The standard InChI is InChI=1S/C20H20N2OSi/c1-13-10-17-15-6-5-7-16(20(15)23-19(17)12-21-13)18-9-8-14(11-22-18)24(2,3)4/h5-12H,1-4H3. The SMILES string of the molecule is Cc1cc2c(cn1)oc1c(-c3ccc([Si](C)(C)C)cn3)cccc12. The van der Waals surface area contributed by atoms with Gasteiger partial charge in [-0.1, -0.05) is 37.8 Å². The number of aryl methyl sites for hydroxylation is 1. The molecule has 4 rings (SSSR count). The van der Waals surface area contributed by atoms with Crippen LogP contribution in [0.5, 0.6) is 0 Å². The van der Waals surface area contributed by atoms with Crippen LogP contribution in [0.25, 0.3) is 33.2 Å². The van der Waals surface area contributed by atoms with Gasteiger partial charge in [-0.05, 0) is 30.3 Å². The van der Waals surface area contributed by atoms with Crippen LogP contribution in [0, 0.1) is 6.92 Å². The normalized spacial score (nSPS) is 12.2. The third kappa shape index (κ3) is 2.43. The van der Waals surface area contributed by atoms with E-state index in [4.69, 9.17) is 9.40 Å². The van der Waals surface area contributed by atoms with Gasteiger partial charge in [-0.25, -0.2) is 0 Å². The van der Waals surface area contributed by atoms with Gasteiger partial charge in [-0.15, -0.1) is 0 Å². The molecule has 0 aliphatic rings. The van der Waals surface area contributed by atoms with Gasteiger partial charge < -0.3 is 4.42 Å². The number of hydrogen-bond donors (Lipinski definition) is 0. The summed E-state index contributed by atoms with van der Waals surface area (Å²) in [6.07, 6.45) is 3.82. The lowest BCUT2D eigenvalue weighted by Crippen LogP contribution is -2.37. The maximum Gasteiger partial charge on any atom is 0.153 e. The fourth-order valence-electron chi connectivity index (χ4n) is 3.01. The van der Waals surface area contributed by atoms with Crippen molar-refractivity contribution < 1.29 is 4.42 Å². The number of pyridine rings is 2. The van der Waals surface area contributed by atoms with E-state index in [2.05, 4.69) is 61.0 Å². The first-order valence-electron chi connectivity index (χ1n) is 8.18. The summed E-state index contributed by atoms with van der Waals surface area (Å²) in [5.41, 5.74) is 4.68. The molecule has 0 saturated carbocycles. The second kappa shape index (κ2) is 5.28. The molecule has 0 atom stereocenters. The number of rotatable bonds is 2. The number of furan rings is 1. The van der Waals surface area contributed by atoms with E-state index in [1.54, 1.807) is 6.20 Å². The molecule has 3 nitrogen and oxygen atoms in total. The van der Waals surface area contributed by atoms with Gasteiger partial charge in [-0.3, -0.25) is 9.97 Å². The highest BCUT2D eigenvalue weighted by molar-refractivity contribution is 6.88. The maximum atomic E-state index is 6.10. The minimum atomic E-state index is -1.34. The highest BCUT2D eigenvalue weighted by atomic mass is 28.3. The Morgan fingerprint density at radius 1 is 0.917 bits per heavy atom. The summed E-state index contributed by atoms with van der Waals surface area (Å²) >= 11 is 0. The molecule has 0 radical (unpaired) electrons. The van der Waals surface area contributed by atoms with Gasteiger partial charge in [0.1, 0.15) is 5.58 Å². The van der Waals surface area contributed by atoms with Crippen LogP contribution in [0.2, 0.25) is 19.6 Å². The molecule has 3 aromatic heterocycles. The molecule has 0 aliphatic carbocycles.